The van der Waals surface area contributed by atoms with Crippen LogP contribution in [0.25, 0.3) is 6.08 Å². The molecule has 3 rings (SSSR count). The fraction of sp³-hybridized carbons (Fsp3) is 0.111. The number of hydrogen-bond donors (Lipinski definition) is 1. The van der Waals surface area contributed by atoms with Gasteiger partial charge in [0.25, 0.3) is 11.8 Å². The molecule has 128 valence electrons. The van der Waals surface area contributed by atoms with Crippen LogP contribution in [0.5, 0.6) is 11.5 Å². The lowest BCUT2D eigenvalue weighted by Crippen LogP contribution is -2.35. The molecule has 2 amide bonds. The number of rotatable bonds is 4. The minimum absolute atomic E-state index is 0.0511. The van der Waals surface area contributed by atoms with Crippen molar-refractivity contribution in [1.29, 1.82) is 0 Å². The fourth-order valence-electron chi connectivity index (χ4n) is 2.44. The standard InChI is InChI=1S/C18H15BrN2O4/c1-24-15-8-3-11(10-16(15)25-2)9-14-17(22)20-21(18(14)23)13-6-4-12(19)5-7-13/h3-10H,1-2H3,(H,20,22). The van der Waals surface area contributed by atoms with Crippen LogP contribution in [0.2, 0.25) is 0 Å². The van der Waals surface area contributed by atoms with Gasteiger partial charge in [-0.3, -0.25) is 15.0 Å². The molecule has 1 heterocycles. The van der Waals surface area contributed by atoms with Gasteiger partial charge in [0.2, 0.25) is 0 Å². The van der Waals surface area contributed by atoms with E-state index in [2.05, 4.69) is 21.4 Å². The summed E-state index contributed by atoms with van der Waals surface area (Å²) in [4.78, 5) is 24.8. The third-order valence-electron chi connectivity index (χ3n) is 3.69. The van der Waals surface area contributed by atoms with Crippen LogP contribution in [0.3, 0.4) is 0 Å². The second kappa shape index (κ2) is 6.98. The van der Waals surface area contributed by atoms with E-state index in [4.69, 9.17) is 9.47 Å². The number of nitrogens with zero attached hydrogens (tertiary/aromatic N) is 1. The van der Waals surface area contributed by atoms with Gasteiger partial charge in [-0.1, -0.05) is 22.0 Å². The Morgan fingerprint density at radius 3 is 2.32 bits per heavy atom. The molecule has 0 aliphatic carbocycles. The molecule has 1 aliphatic rings. The molecule has 25 heavy (non-hydrogen) atoms. The third kappa shape index (κ3) is 3.36. The number of hydrazine groups is 1. The zero-order chi connectivity index (χ0) is 18.0. The first-order chi connectivity index (χ1) is 12.0. The molecule has 1 fully saturated rings. The lowest BCUT2D eigenvalue weighted by Gasteiger charge is -2.14. The van der Waals surface area contributed by atoms with E-state index in [9.17, 15) is 9.59 Å². The average Bonchev–Trinajstić information content (AvgIpc) is 2.90. The molecular weight excluding hydrogens is 388 g/mol. The Labute approximate surface area is 153 Å². The number of anilines is 1. The smallest absolute Gasteiger partial charge is 0.282 e. The zero-order valence-corrected chi connectivity index (χ0v) is 15.2. The Hall–Kier alpha value is -2.80. The Bertz CT molecular complexity index is 862. The minimum Gasteiger partial charge on any atom is -0.493 e. The number of amides is 2. The number of nitrogens with one attached hydrogen (secondary N) is 1. The van der Waals surface area contributed by atoms with Gasteiger partial charge in [-0.2, -0.15) is 0 Å². The van der Waals surface area contributed by atoms with Crippen molar-refractivity contribution >= 4 is 39.5 Å². The number of methoxy groups -OCH3 is 2. The molecule has 0 bridgehead atoms. The molecule has 0 aromatic heterocycles. The van der Waals surface area contributed by atoms with Gasteiger partial charge in [-0.15, -0.1) is 0 Å². The maximum absolute atomic E-state index is 12.6. The molecule has 2 aromatic carbocycles. The van der Waals surface area contributed by atoms with E-state index in [0.717, 1.165) is 4.47 Å². The summed E-state index contributed by atoms with van der Waals surface area (Å²) in [6, 6.07) is 12.2. The van der Waals surface area contributed by atoms with Crippen LogP contribution in [0.4, 0.5) is 5.69 Å². The number of carbonyl (C=O) groups excluding carboxylic acids is 2. The van der Waals surface area contributed by atoms with E-state index >= 15 is 0 Å². The van der Waals surface area contributed by atoms with Gasteiger partial charge >= 0.3 is 0 Å². The summed E-state index contributed by atoms with van der Waals surface area (Å²) < 4.78 is 11.3. The van der Waals surface area contributed by atoms with Crippen LogP contribution in [0, 0.1) is 0 Å². The van der Waals surface area contributed by atoms with Crippen LogP contribution < -0.4 is 19.9 Å². The van der Waals surface area contributed by atoms with E-state index in [0.29, 0.717) is 22.7 Å². The highest BCUT2D eigenvalue weighted by atomic mass is 79.9. The molecule has 0 spiro atoms. The van der Waals surface area contributed by atoms with Gasteiger partial charge in [0, 0.05) is 4.47 Å². The first kappa shape index (κ1) is 17.0. The zero-order valence-electron chi connectivity index (χ0n) is 13.6. The van der Waals surface area contributed by atoms with Crippen molar-refractivity contribution < 1.29 is 19.1 Å². The molecule has 1 saturated heterocycles. The summed E-state index contributed by atoms with van der Waals surface area (Å²) >= 11 is 3.34. The van der Waals surface area contributed by atoms with Crippen LogP contribution >= 0.6 is 15.9 Å². The molecule has 0 saturated carbocycles. The second-order valence-corrected chi connectivity index (χ2v) is 6.15. The molecule has 0 unspecified atom stereocenters. The predicted molar refractivity (Wildman–Crippen MR) is 97.3 cm³/mol. The van der Waals surface area contributed by atoms with E-state index in [1.54, 1.807) is 49.6 Å². The Kier molecular flexibility index (Phi) is 4.76. The average molecular weight is 403 g/mol. The van der Waals surface area contributed by atoms with Gasteiger partial charge in [0.1, 0.15) is 5.57 Å². The van der Waals surface area contributed by atoms with Crippen molar-refractivity contribution in [2.24, 2.45) is 0 Å². The van der Waals surface area contributed by atoms with Gasteiger partial charge < -0.3 is 9.47 Å². The first-order valence-electron chi connectivity index (χ1n) is 7.38. The highest BCUT2D eigenvalue weighted by Crippen LogP contribution is 2.29. The van der Waals surface area contributed by atoms with Crippen molar-refractivity contribution in [3.05, 3.63) is 58.1 Å². The molecule has 1 N–H and O–H groups in total. The number of ether oxygens (including phenoxy) is 2. The third-order valence-corrected chi connectivity index (χ3v) is 4.22. The lowest BCUT2D eigenvalue weighted by molar-refractivity contribution is -0.117. The summed E-state index contributed by atoms with van der Waals surface area (Å²) in [6.07, 6.45) is 1.53. The molecule has 6 nitrogen and oxygen atoms in total. The molecule has 7 heteroatoms. The molecule has 2 aromatic rings. The highest BCUT2D eigenvalue weighted by molar-refractivity contribution is 9.10. The van der Waals surface area contributed by atoms with E-state index in [1.165, 1.54) is 18.2 Å². The summed E-state index contributed by atoms with van der Waals surface area (Å²) in [5.41, 5.74) is 3.86. The van der Waals surface area contributed by atoms with Crippen molar-refractivity contribution in [1.82, 2.24) is 5.43 Å². The summed E-state index contributed by atoms with van der Waals surface area (Å²) in [6.45, 7) is 0. The van der Waals surface area contributed by atoms with Crippen molar-refractivity contribution in [3.63, 3.8) is 0 Å². The molecule has 0 radical (unpaired) electrons. The van der Waals surface area contributed by atoms with Crippen LogP contribution in [-0.2, 0) is 9.59 Å². The SMILES string of the molecule is COc1ccc(C=C2C(=O)NN(c3ccc(Br)cc3)C2=O)cc1OC. The quantitative estimate of drug-likeness (QED) is 0.630. The van der Waals surface area contributed by atoms with E-state index in [1.807, 2.05) is 0 Å². The molecule has 0 atom stereocenters. The Morgan fingerprint density at radius 1 is 1.00 bits per heavy atom. The molecule has 1 aliphatic heterocycles. The largest absolute Gasteiger partial charge is 0.493 e. The highest BCUT2D eigenvalue weighted by Gasteiger charge is 2.34. The topological polar surface area (TPSA) is 67.9 Å². The Balaban J connectivity index is 1.92. The Morgan fingerprint density at radius 2 is 1.68 bits per heavy atom. The first-order valence-corrected chi connectivity index (χ1v) is 8.17. The van der Waals surface area contributed by atoms with Crippen LogP contribution in [0.1, 0.15) is 5.56 Å². The number of halogens is 1. The van der Waals surface area contributed by atoms with E-state index < -0.39 is 11.8 Å². The normalized spacial score (nSPS) is 15.5. The van der Waals surface area contributed by atoms with Gasteiger partial charge in [0.05, 0.1) is 19.9 Å². The number of hydrogen-bond acceptors (Lipinski definition) is 4. The monoisotopic (exact) mass is 402 g/mol. The second-order valence-electron chi connectivity index (χ2n) is 5.23. The lowest BCUT2D eigenvalue weighted by atomic mass is 10.1. The summed E-state index contributed by atoms with van der Waals surface area (Å²) in [5, 5.41) is 1.22. The maximum Gasteiger partial charge on any atom is 0.282 e. The van der Waals surface area contributed by atoms with Gasteiger partial charge in [-0.25, -0.2) is 5.01 Å². The van der Waals surface area contributed by atoms with Crippen LogP contribution in [0.15, 0.2) is 52.5 Å². The van der Waals surface area contributed by atoms with E-state index in [-0.39, 0.29) is 5.57 Å². The maximum atomic E-state index is 12.6. The van der Waals surface area contributed by atoms with Crippen molar-refractivity contribution in [2.75, 3.05) is 19.2 Å². The number of carbonyl (C=O) groups is 2. The van der Waals surface area contributed by atoms with Crippen LogP contribution in [-0.4, -0.2) is 26.0 Å². The summed E-state index contributed by atoms with van der Waals surface area (Å²) in [5.74, 6) is 0.223. The van der Waals surface area contributed by atoms with Crippen molar-refractivity contribution in [3.8, 4) is 11.5 Å². The predicted octanol–water partition coefficient (Wildman–Crippen LogP) is 2.93. The minimum atomic E-state index is -0.456. The fourth-order valence-corrected chi connectivity index (χ4v) is 2.70. The summed E-state index contributed by atoms with van der Waals surface area (Å²) in [7, 11) is 3.07. The van der Waals surface area contributed by atoms with Gasteiger partial charge in [0.15, 0.2) is 11.5 Å². The number of benzene rings is 2. The molecular formula is C18H15BrN2O4. The van der Waals surface area contributed by atoms with Crippen molar-refractivity contribution in [2.45, 2.75) is 0 Å². The van der Waals surface area contributed by atoms with Gasteiger partial charge in [-0.05, 0) is 48.0 Å².